The van der Waals surface area contributed by atoms with E-state index in [-0.39, 0.29) is 5.92 Å². The molecule has 0 amide bonds. The van der Waals surface area contributed by atoms with Crippen LogP contribution in [0.5, 0.6) is 0 Å². The Morgan fingerprint density at radius 3 is 2.63 bits per heavy atom. The van der Waals surface area contributed by atoms with E-state index in [1.807, 2.05) is 28.7 Å². The van der Waals surface area contributed by atoms with Crippen molar-refractivity contribution in [2.75, 3.05) is 0 Å². The lowest BCUT2D eigenvalue weighted by Gasteiger charge is -2.09. The summed E-state index contributed by atoms with van der Waals surface area (Å²) in [4.78, 5) is 0. The van der Waals surface area contributed by atoms with Gasteiger partial charge < -0.3 is 0 Å². The Bertz CT molecular complexity index is 753. The van der Waals surface area contributed by atoms with Crippen LogP contribution in [-0.2, 0) is 0 Å². The Hall–Kier alpha value is -2.67. The molecule has 3 rings (SSSR count). The summed E-state index contributed by atoms with van der Waals surface area (Å²) in [5, 5.41) is 17.4. The summed E-state index contributed by atoms with van der Waals surface area (Å²) in [6.45, 7) is 2.09. The van der Waals surface area contributed by atoms with Crippen LogP contribution in [0.4, 0.5) is 0 Å². The van der Waals surface area contributed by atoms with Gasteiger partial charge in [0.05, 0.1) is 5.56 Å². The van der Waals surface area contributed by atoms with Crippen LogP contribution in [0.3, 0.4) is 0 Å². The fourth-order valence-corrected chi connectivity index (χ4v) is 2.16. The average Bonchev–Trinajstić information content (AvgIpc) is 2.90. The molecule has 1 atom stereocenters. The van der Waals surface area contributed by atoms with Gasteiger partial charge in [0.25, 0.3) is 0 Å². The maximum Gasteiger partial charge on any atom is 0.160 e. The molecule has 0 spiro atoms. The molecule has 1 unspecified atom stereocenters. The van der Waals surface area contributed by atoms with Gasteiger partial charge in [-0.3, -0.25) is 4.40 Å². The normalized spacial score (nSPS) is 12.2. The molecule has 0 saturated heterocycles. The molecule has 0 aliphatic heterocycles. The van der Waals surface area contributed by atoms with Crippen molar-refractivity contribution in [1.82, 2.24) is 14.6 Å². The molecule has 0 aliphatic rings. The topological polar surface area (TPSA) is 54.0 Å². The SMILES string of the molecule is CC(c1ccccc1)c1nnc2ccc(C#N)cn12. The van der Waals surface area contributed by atoms with Gasteiger partial charge in [-0.25, -0.2) is 0 Å². The largest absolute Gasteiger partial charge is 0.285 e. The monoisotopic (exact) mass is 248 g/mol. The molecule has 92 valence electrons. The first-order valence-electron chi connectivity index (χ1n) is 6.09. The first-order valence-corrected chi connectivity index (χ1v) is 6.09. The Morgan fingerprint density at radius 1 is 1.11 bits per heavy atom. The van der Waals surface area contributed by atoms with E-state index in [1.165, 1.54) is 5.56 Å². The van der Waals surface area contributed by atoms with Crippen molar-refractivity contribution in [3.63, 3.8) is 0 Å². The quantitative estimate of drug-likeness (QED) is 0.700. The second-order valence-corrected chi connectivity index (χ2v) is 4.45. The number of hydrogen-bond acceptors (Lipinski definition) is 3. The summed E-state index contributed by atoms with van der Waals surface area (Å²) >= 11 is 0. The molecule has 0 radical (unpaired) electrons. The fourth-order valence-electron chi connectivity index (χ4n) is 2.16. The van der Waals surface area contributed by atoms with E-state index < -0.39 is 0 Å². The van der Waals surface area contributed by atoms with Gasteiger partial charge in [-0.2, -0.15) is 5.26 Å². The van der Waals surface area contributed by atoms with Crippen LogP contribution in [0.25, 0.3) is 5.65 Å². The number of nitrogens with zero attached hydrogens (tertiary/aromatic N) is 4. The number of rotatable bonds is 2. The smallest absolute Gasteiger partial charge is 0.160 e. The lowest BCUT2D eigenvalue weighted by Crippen LogP contribution is -2.02. The molecule has 0 N–H and O–H groups in total. The zero-order chi connectivity index (χ0) is 13.2. The van der Waals surface area contributed by atoms with E-state index in [1.54, 1.807) is 12.3 Å². The van der Waals surface area contributed by atoms with Crippen molar-refractivity contribution in [3.8, 4) is 6.07 Å². The van der Waals surface area contributed by atoms with Gasteiger partial charge in [-0.05, 0) is 17.7 Å². The van der Waals surface area contributed by atoms with Gasteiger partial charge in [-0.15, -0.1) is 10.2 Å². The first kappa shape index (κ1) is 11.4. The van der Waals surface area contributed by atoms with Crippen LogP contribution in [-0.4, -0.2) is 14.6 Å². The van der Waals surface area contributed by atoms with Gasteiger partial charge >= 0.3 is 0 Å². The highest BCUT2D eigenvalue weighted by Crippen LogP contribution is 2.22. The fraction of sp³-hybridized carbons (Fsp3) is 0.133. The summed E-state index contributed by atoms with van der Waals surface area (Å²) in [7, 11) is 0. The minimum Gasteiger partial charge on any atom is -0.285 e. The Balaban J connectivity index is 2.13. The predicted molar refractivity (Wildman–Crippen MR) is 71.7 cm³/mol. The van der Waals surface area contributed by atoms with Crippen molar-refractivity contribution in [2.24, 2.45) is 0 Å². The molecule has 2 heterocycles. The number of nitriles is 1. The van der Waals surface area contributed by atoms with Crippen LogP contribution in [0.1, 0.15) is 29.8 Å². The summed E-state index contributed by atoms with van der Waals surface area (Å²) in [5.74, 6) is 0.975. The average molecular weight is 248 g/mol. The highest BCUT2D eigenvalue weighted by molar-refractivity contribution is 5.44. The molecule has 0 bridgehead atoms. The summed E-state index contributed by atoms with van der Waals surface area (Å²) in [6, 6.07) is 15.9. The number of hydrogen-bond donors (Lipinski definition) is 0. The van der Waals surface area contributed by atoms with Crippen LogP contribution in [0, 0.1) is 11.3 Å². The molecular formula is C15H12N4. The highest BCUT2D eigenvalue weighted by Gasteiger charge is 2.15. The Labute approximate surface area is 111 Å². The summed E-state index contributed by atoms with van der Waals surface area (Å²) < 4.78 is 1.89. The van der Waals surface area contributed by atoms with Crippen LogP contribution >= 0.6 is 0 Å². The van der Waals surface area contributed by atoms with Crippen molar-refractivity contribution in [1.29, 1.82) is 5.26 Å². The molecule has 0 aliphatic carbocycles. The summed E-state index contributed by atoms with van der Waals surface area (Å²) in [5.41, 5.74) is 2.55. The van der Waals surface area contributed by atoms with Gasteiger partial charge in [0, 0.05) is 12.1 Å². The lowest BCUT2D eigenvalue weighted by atomic mass is 10.0. The summed E-state index contributed by atoms with van der Waals surface area (Å²) in [6.07, 6.45) is 1.78. The van der Waals surface area contributed by atoms with Gasteiger partial charge in [0.2, 0.25) is 0 Å². The van der Waals surface area contributed by atoms with E-state index >= 15 is 0 Å². The number of pyridine rings is 1. The third kappa shape index (κ3) is 1.95. The molecule has 3 aromatic rings. The van der Waals surface area contributed by atoms with Crippen LogP contribution in [0.15, 0.2) is 48.7 Å². The zero-order valence-electron chi connectivity index (χ0n) is 10.5. The van der Waals surface area contributed by atoms with E-state index in [9.17, 15) is 0 Å². The molecular weight excluding hydrogens is 236 g/mol. The minimum atomic E-state index is 0.130. The minimum absolute atomic E-state index is 0.130. The molecule has 2 aromatic heterocycles. The molecule has 0 saturated carbocycles. The third-order valence-electron chi connectivity index (χ3n) is 3.24. The number of fused-ring (bicyclic) bond motifs is 1. The second-order valence-electron chi connectivity index (χ2n) is 4.45. The zero-order valence-corrected chi connectivity index (χ0v) is 10.5. The lowest BCUT2D eigenvalue weighted by molar-refractivity contribution is 0.797. The Morgan fingerprint density at radius 2 is 1.89 bits per heavy atom. The van der Waals surface area contributed by atoms with Crippen molar-refractivity contribution in [3.05, 3.63) is 65.6 Å². The van der Waals surface area contributed by atoms with Crippen molar-refractivity contribution in [2.45, 2.75) is 12.8 Å². The van der Waals surface area contributed by atoms with Gasteiger partial charge in [0.1, 0.15) is 11.9 Å². The maximum atomic E-state index is 8.98. The number of benzene rings is 1. The van der Waals surface area contributed by atoms with E-state index in [4.69, 9.17) is 5.26 Å². The van der Waals surface area contributed by atoms with Gasteiger partial charge in [0.15, 0.2) is 5.65 Å². The third-order valence-corrected chi connectivity index (χ3v) is 3.24. The molecule has 4 heteroatoms. The second kappa shape index (κ2) is 4.54. The molecule has 4 nitrogen and oxygen atoms in total. The van der Waals surface area contributed by atoms with Crippen LogP contribution in [0.2, 0.25) is 0 Å². The van der Waals surface area contributed by atoms with Crippen molar-refractivity contribution >= 4 is 5.65 Å². The molecule has 1 aromatic carbocycles. The predicted octanol–water partition coefficient (Wildman–Crippen LogP) is 2.75. The molecule has 19 heavy (non-hydrogen) atoms. The maximum absolute atomic E-state index is 8.98. The standard InChI is InChI=1S/C15H12N4/c1-11(13-5-3-2-4-6-13)15-18-17-14-8-7-12(9-16)10-19(14)15/h2-8,10-11H,1H3. The number of aromatic nitrogens is 3. The van der Waals surface area contributed by atoms with E-state index in [2.05, 4.69) is 35.3 Å². The molecule has 0 fully saturated rings. The van der Waals surface area contributed by atoms with Gasteiger partial charge in [-0.1, -0.05) is 37.3 Å². The first-order chi connectivity index (χ1) is 9.29. The van der Waals surface area contributed by atoms with E-state index in [0.717, 1.165) is 11.5 Å². The van der Waals surface area contributed by atoms with Crippen LogP contribution < -0.4 is 0 Å². The highest BCUT2D eigenvalue weighted by atomic mass is 15.2. The van der Waals surface area contributed by atoms with E-state index in [0.29, 0.717) is 5.56 Å². The Kier molecular flexibility index (Phi) is 2.73. The van der Waals surface area contributed by atoms with Crippen molar-refractivity contribution < 1.29 is 0 Å².